The second-order valence-corrected chi connectivity index (χ2v) is 10.7. The number of rotatable bonds is 4. The van der Waals surface area contributed by atoms with E-state index in [2.05, 4.69) is 31.9 Å². The van der Waals surface area contributed by atoms with Gasteiger partial charge in [-0.05, 0) is 49.5 Å². The fourth-order valence-corrected chi connectivity index (χ4v) is 4.75. The van der Waals surface area contributed by atoms with E-state index in [0.29, 0.717) is 9.80 Å². The van der Waals surface area contributed by atoms with Crippen LogP contribution in [0.5, 0.6) is 5.75 Å². The van der Waals surface area contributed by atoms with Gasteiger partial charge in [0, 0.05) is 5.33 Å². The predicted octanol–water partition coefficient (Wildman–Crippen LogP) is 6.73. The lowest BCUT2D eigenvalue weighted by atomic mass is 9.76. The Morgan fingerprint density at radius 2 is 1.71 bits per heavy atom. The van der Waals surface area contributed by atoms with Gasteiger partial charge in [-0.1, -0.05) is 57.5 Å². The summed E-state index contributed by atoms with van der Waals surface area (Å²) in [4.78, 5) is 9.44. The minimum atomic E-state index is -5.06. The van der Waals surface area contributed by atoms with Gasteiger partial charge in [0.15, 0.2) is 0 Å². The van der Waals surface area contributed by atoms with Crippen molar-refractivity contribution in [1.29, 1.82) is 0 Å². The monoisotopic (exact) mass is 490 g/mol. The Bertz CT molecular complexity index is 665. The van der Waals surface area contributed by atoms with Crippen molar-refractivity contribution in [1.82, 2.24) is 0 Å². The normalized spacial score (nSPS) is 15.5. The molecular formula is C16H23Br2F2O3P. The smallest absolute Gasteiger partial charge is 0.420 e. The maximum atomic E-state index is 12.8. The molecule has 0 amide bonds. The molecule has 0 saturated carbocycles. The average molecular weight is 492 g/mol. The molecular weight excluding hydrogens is 469 g/mol. The Morgan fingerprint density at radius 3 is 2.04 bits per heavy atom. The Labute approximate surface area is 159 Å². The SMILES string of the molecule is CC(C)(C)c1cc(OP(=O)(O)C(F)F)c(Br)c(C(C)(C)C)c1CBr. The summed E-state index contributed by atoms with van der Waals surface area (Å²) >= 11 is 6.89. The number of alkyl halides is 3. The maximum absolute atomic E-state index is 12.8. The van der Waals surface area contributed by atoms with Crippen molar-refractivity contribution < 1.29 is 22.8 Å². The van der Waals surface area contributed by atoms with Crippen LogP contribution >= 0.6 is 39.5 Å². The third kappa shape index (κ3) is 4.80. The summed E-state index contributed by atoms with van der Waals surface area (Å²) in [5.41, 5.74) is 2.12. The maximum Gasteiger partial charge on any atom is 0.442 e. The van der Waals surface area contributed by atoms with Crippen molar-refractivity contribution in [2.45, 2.75) is 63.9 Å². The Balaban J connectivity index is 3.78. The van der Waals surface area contributed by atoms with Gasteiger partial charge < -0.3 is 9.42 Å². The van der Waals surface area contributed by atoms with Crippen molar-refractivity contribution >= 4 is 39.5 Å². The molecule has 1 atom stereocenters. The van der Waals surface area contributed by atoms with E-state index in [1.807, 2.05) is 41.5 Å². The zero-order chi connectivity index (χ0) is 19.1. The van der Waals surface area contributed by atoms with Gasteiger partial charge in [-0.3, -0.25) is 0 Å². The van der Waals surface area contributed by atoms with E-state index in [4.69, 9.17) is 4.52 Å². The molecule has 0 saturated heterocycles. The molecule has 3 nitrogen and oxygen atoms in total. The third-order valence-corrected chi connectivity index (χ3v) is 5.81. The van der Waals surface area contributed by atoms with Gasteiger partial charge in [0.25, 0.3) is 0 Å². The minimum absolute atomic E-state index is 0.0410. The Hall–Kier alpha value is 0.0300. The second kappa shape index (κ2) is 7.34. The molecule has 0 aliphatic rings. The molecule has 1 rings (SSSR count). The van der Waals surface area contributed by atoms with E-state index < -0.39 is 13.8 Å². The molecule has 1 unspecified atom stereocenters. The quantitative estimate of drug-likeness (QED) is 0.375. The van der Waals surface area contributed by atoms with Gasteiger partial charge >= 0.3 is 13.8 Å². The molecule has 1 N–H and O–H groups in total. The Kier molecular flexibility index (Phi) is 6.75. The first-order valence-electron chi connectivity index (χ1n) is 7.35. The van der Waals surface area contributed by atoms with E-state index in [1.165, 1.54) is 0 Å². The lowest BCUT2D eigenvalue weighted by Crippen LogP contribution is -2.22. The molecule has 1 aromatic carbocycles. The number of halogens is 4. The van der Waals surface area contributed by atoms with E-state index in [1.54, 1.807) is 6.07 Å². The van der Waals surface area contributed by atoms with E-state index in [-0.39, 0.29) is 16.6 Å². The lowest BCUT2D eigenvalue weighted by Gasteiger charge is -2.32. The molecule has 1 aromatic rings. The molecule has 0 fully saturated rings. The van der Waals surface area contributed by atoms with Gasteiger partial charge in [-0.25, -0.2) is 4.57 Å². The minimum Gasteiger partial charge on any atom is -0.420 e. The van der Waals surface area contributed by atoms with Crippen LogP contribution in [-0.4, -0.2) is 11.1 Å². The third-order valence-electron chi connectivity index (χ3n) is 3.51. The molecule has 0 aromatic heterocycles. The molecule has 0 bridgehead atoms. The van der Waals surface area contributed by atoms with Crippen LogP contribution in [0.25, 0.3) is 0 Å². The topological polar surface area (TPSA) is 46.5 Å². The summed E-state index contributed by atoms with van der Waals surface area (Å²) in [6.45, 7) is 11.9. The van der Waals surface area contributed by atoms with E-state index >= 15 is 0 Å². The molecule has 0 aliphatic carbocycles. The zero-order valence-electron chi connectivity index (χ0n) is 14.6. The van der Waals surface area contributed by atoms with Crippen molar-refractivity contribution in [3.63, 3.8) is 0 Å². The zero-order valence-corrected chi connectivity index (χ0v) is 18.7. The van der Waals surface area contributed by atoms with E-state index in [9.17, 15) is 18.2 Å². The first-order chi connectivity index (χ1) is 10.6. The van der Waals surface area contributed by atoms with Gasteiger partial charge in [-0.15, -0.1) is 0 Å². The number of hydrogen-bond donors (Lipinski definition) is 1. The van der Waals surface area contributed by atoms with E-state index in [0.717, 1.165) is 16.7 Å². The Morgan fingerprint density at radius 1 is 1.21 bits per heavy atom. The van der Waals surface area contributed by atoms with Crippen LogP contribution in [0.4, 0.5) is 8.78 Å². The highest BCUT2D eigenvalue weighted by Gasteiger charge is 2.37. The van der Waals surface area contributed by atoms with Crippen molar-refractivity contribution in [2.24, 2.45) is 0 Å². The fraction of sp³-hybridized carbons (Fsp3) is 0.625. The molecule has 138 valence electrons. The number of hydrogen-bond acceptors (Lipinski definition) is 2. The largest absolute Gasteiger partial charge is 0.442 e. The van der Waals surface area contributed by atoms with Crippen molar-refractivity contribution in [2.75, 3.05) is 0 Å². The van der Waals surface area contributed by atoms with Crippen LogP contribution in [-0.2, 0) is 20.7 Å². The molecule has 0 spiro atoms. The van der Waals surface area contributed by atoms with Crippen LogP contribution in [0.15, 0.2) is 10.5 Å². The van der Waals surface area contributed by atoms with Crippen LogP contribution in [0.3, 0.4) is 0 Å². The van der Waals surface area contributed by atoms with Crippen molar-refractivity contribution in [3.05, 3.63) is 27.2 Å². The summed E-state index contributed by atoms with van der Waals surface area (Å²) in [5.74, 6) is -0.0410. The van der Waals surface area contributed by atoms with Crippen LogP contribution in [0.2, 0.25) is 0 Å². The molecule has 0 radical (unpaired) electrons. The second-order valence-electron chi connectivity index (χ2n) is 7.66. The van der Waals surface area contributed by atoms with Crippen LogP contribution in [0.1, 0.15) is 58.2 Å². The highest BCUT2D eigenvalue weighted by molar-refractivity contribution is 9.10. The standard InChI is InChI=1S/C16H23Br2F2O3P/c1-15(2,3)10-7-11(23-24(21,22)14(19)20)13(18)12(9(10)8-17)16(4,5)6/h7,14H,8H2,1-6H3,(H,21,22). The number of benzene rings is 1. The van der Waals surface area contributed by atoms with Crippen molar-refractivity contribution in [3.8, 4) is 5.75 Å². The first kappa shape index (κ1) is 22.1. The van der Waals surface area contributed by atoms with Gasteiger partial charge in [0.1, 0.15) is 5.75 Å². The molecule has 0 heterocycles. The summed E-state index contributed by atoms with van der Waals surface area (Å²) in [5, 5.41) is 0.566. The summed E-state index contributed by atoms with van der Waals surface area (Å²) in [6.07, 6.45) is -3.46. The highest BCUT2D eigenvalue weighted by atomic mass is 79.9. The average Bonchev–Trinajstić information content (AvgIpc) is 2.37. The van der Waals surface area contributed by atoms with Crippen LogP contribution in [0, 0.1) is 0 Å². The van der Waals surface area contributed by atoms with Gasteiger partial charge in [0.2, 0.25) is 0 Å². The fourth-order valence-electron chi connectivity index (χ4n) is 2.51. The summed E-state index contributed by atoms with van der Waals surface area (Å²) in [6, 6.07) is 1.57. The van der Waals surface area contributed by atoms with Crippen LogP contribution < -0.4 is 4.52 Å². The summed E-state index contributed by atoms with van der Waals surface area (Å²) in [7, 11) is -5.06. The lowest BCUT2D eigenvalue weighted by molar-refractivity contribution is 0.188. The van der Waals surface area contributed by atoms with Gasteiger partial charge in [-0.2, -0.15) is 8.78 Å². The van der Waals surface area contributed by atoms with Gasteiger partial charge in [0.05, 0.1) is 4.47 Å². The molecule has 24 heavy (non-hydrogen) atoms. The first-order valence-corrected chi connectivity index (χ1v) is 10.9. The predicted molar refractivity (Wildman–Crippen MR) is 101 cm³/mol. The molecule has 8 heteroatoms. The molecule has 0 aliphatic heterocycles. The summed E-state index contributed by atoms with van der Waals surface area (Å²) < 4.78 is 42.5. The highest BCUT2D eigenvalue weighted by Crippen LogP contribution is 2.53.